The number of rotatable bonds is 3. The van der Waals surface area contributed by atoms with Crippen LogP contribution in [0.1, 0.15) is 38.5 Å². The molecule has 3 aliphatic rings. The van der Waals surface area contributed by atoms with Gasteiger partial charge in [0.15, 0.2) is 5.78 Å². The Morgan fingerprint density at radius 1 is 1.23 bits per heavy atom. The zero-order valence-electron chi connectivity index (χ0n) is 7.96. The molecule has 2 heteroatoms. The minimum Gasteiger partial charge on any atom is -0.319 e. The molecular weight excluding hydrogens is 162 g/mol. The summed E-state index contributed by atoms with van der Waals surface area (Å²) in [4.78, 5) is 11.7. The predicted molar refractivity (Wildman–Crippen MR) is 50.1 cm³/mol. The molecule has 0 bridgehead atoms. The fourth-order valence-corrected chi connectivity index (χ4v) is 2.89. The van der Waals surface area contributed by atoms with Crippen molar-refractivity contribution >= 4 is 5.78 Å². The molecular formula is C11H17NO. The fraction of sp³-hybridized carbons (Fsp3) is 0.909. The molecule has 3 rings (SSSR count). The van der Waals surface area contributed by atoms with E-state index in [2.05, 4.69) is 0 Å². The van der Waals surface area contributed by atoms with Crippen molar-refractivity contribution in [1.82, 2.24) is 0 Å². The van der Waals surface area contributed by atoms with Crippen LogP contribution < -0.4 is 5.73 Å². The summed E-state index contributed by atoms with van der Waals surface area (Å²) in [5.74, 6) is 3.02. The van der Waals surface area contributed by atoms with Gasteiger partial charge in [-0.15, -0.1) is 0 Å². The summed E-state index contributed by atoms with van der Waals surface area (Å²) in [6.45, 7) is 0. The van der Waals surface area contributed by atoms with E-state index >= 15 is 0 Å². The summed E-state index contributed by atoms with van der Waals surface area (Å²) in [5, 5.41) is 0. The molecule has 72 valence electrons. The van der Waals surface area contributed by atoms with E-state index in [1.807, 2.05) is 0 Å². The van der Waals surface area contributed by atoms with Gasteiger partial charge in [-0.25, -0.2) is 0 Å². The lowest BCUT2D eigenvalue weighted by molar-refractivity contribution is -0.122. The average molecular weight is 179 g/mol. The van der Waals surface area contributed by atoms with Gasteiger partial charge in [0.2, 0.25) is 0 Å². The number of carbonyl (C=O) groups is 1. The number of Topliss-reactive ketones (excluding diaryl/α,β-unsaturated/α-hetero) is 1. The number of fused-ring (bicyclic) bond motifs is 1. The Bertz CT molecular complexity index is 247. The molecule has 0 amide bonds. The van der Waals surface area contributed by atoms with E-state index in [0.717, 1.165) is 31.1 Å². The number of carbonyl (C=O) groups excluding carboxylic acids is 1. The van der Waals surface area contributed by atoms with Crippen LogP contribution in [0.25, 0.3) is 0 Å². The minimum atomic E-state index is -0.368. The Morgan fingerprint density at radius 2 is 1.85 bits per heavy atom. The van der Waals surface area contributed by atoms with Crippen molar-refractivity contribution < 1.29 is 4.79 Å². The second-order valence-corrected chi connectivity index (χ2v) is 5.38. The lowest BCUT2D eigenvalue weighted by Crippen LogP contribution is -2.33. The zero-order chi connectivity index (χ0) is 9.05. The molecule has 3 fully saturated rings. The largest absolute Gasteiger partial charge is 0.319 e. The van der Waals surface area contributed by atoms with Gasteiger partial charge < -0.3 is 5.73 Å². The van der Waals surface area contributed by atoms with Crippen LogP contribution in [-0.2, 0) is 4.79 Å². The molecule has 0 aromatic rings. The summed E-state index contributed by atoms with van der Waals surface area (Å²) >= 11 is 0. The zero-order valence-corrected chi connectivity index (χ0v) is 7.96. The van der Waals surface area contributed by atoms with Crippen LogP contribution in [0.4, 0.5) is 0 Å². The van der Waals surface area contributed by atoms with E-state index in [0.29, 0.717) is 11.7 Å². The first-order chi connectivity index (χ1) is 6.17. The molecule has 2 nitrogen and oxygen atoms in total. The highest BCUT2D eigenvalue weighted by Gasteiger charge is 2.50. The number of hydrogen-bond donors (Lipinski definition) is 1. The summed E-state index contributed by atoms with van der Waals surface area (Å²) in [6.07, 6.45) is 6.72. The van der Waals surface area contributed by atoms with Gasteiger partial charge in [0.05, 0.1) is 5.54 Å². The molecule has 2 atom stereocenters. The van der Waals surface area contributed by atoms with Crippen LogP contribution in [-0.4, -0.2) is 11.3 Å². The van der Waals surface area contributed by atoms with E-state index in [4.69, 9.17) is 5.73 Å². The van der Waals surface area contributed by atoms with Crippen LogP contribution >= 0.6 is 0 Å². The summed E-state index contributed by atoms with van der Waals surface area (Å²) in [5.41, 5.74) is 5.50. The minimum absolute atomic E-state index is 0.346. The van der Waals surface area contributed by atoms with Crippen molar-refractivity contribution in [3.8, 4) is 0 Å². The van der Waals surface area contributed by atoms with Gasteiger partial charge in [-0.05, 0) is 49.9 Å². The first kappa shape index (κ1) is 7.98. The van der Waals surface area contributed by atoms with Gasteiger partial charge in [0.1, 0.15) is 0 Å². The number of ketones is 1. The highest BCUT2D eigenvalue weighted by molar-refractivity contribution is 5.91. The summed E-state index contributed by atoms with van der Waals surface area (Å²) in [6, 6.07) is 0. The normalized spacial score (nSPS) is 44.2. The molecule has 0 spiro atoms. The third kappa shape index (κ3) is 1.32. The number of nitrogens with two attached hydrogens (primary N) is 1. The van der Waals surface area contributed by atoms with Gasteiger partial charge in [-0.3, -0.25) is 4.79 Å². The van der Waals surface area contributed by atoms with Crippen LogP contribution in [0.3, 0.4) is 0 Å². The Balaban J connectivity index is 1.54. The quantitative estimate of drug-likeness (QED) is 0.713. The van der Waals surface area contributed by atoms with Crippen LogP contribution in [0.2, 0.25) is 0 Å². The molecule has 13 heavy (non-hydrogen) atoms. The Hall–Kier alpha value is -0.370. The van der Waals surface area contributed by atoms with Crippen molar-refractivity contribution in [1.29, 1.82) is 0 Å². The van der Waals surface area contributed by atoms with E-state index in [1.54, 1.807) is 0 Å². The summed E-state index contributed by atoms with van der Waals surface area (Å²) in [7, 11) is 0. The van der Waals surface area contributed by atoms with E-state index in [9.17, 15) is 4.79 Å². The van der Waals surface area contributed by atoms with Crippen LogP contribution in [0.15, 0.2) is 0 Å². The first-order valence-electron chi connectivity index (χ1n) is 5.49. The Labute approximate surface area is 78.9 Å². The molecule has 0 aromatic carbocycles. The maximum absolute atomic E-state index is 11.7. The van der Waals surface area contributed by atoms with Crippen LogP contribution in [0.5, 0.6) is 0 Å². The van der Waals surface area contributed by atoms with E-state index < -0.39 is 0 Å². The first-order valence-corrected chi connectivity index (χ1v) is 5.49. The van der Waals surface area contributed by atoms with Gasteiger partial charge in [-0.1, -0.05) is 0 Å². The average Bonchev–Trinajstić information content (AvgIpc) is 2.96. The van der Waals surface area contributed by atoms with Crippen molar-refractivity contribution in [2.45, 2.75) is 44.1 Å². The van der Waals surface area contributed by atoms with Crippen LogP contribution in [0, 0.1) is 17.8 Å². The highest BCUT2D eigenvalue weighted by Crippen LogP contribution is 2.55. The molecule has 2 N–H and O–H groups in total. The smallest absolute Gasteiger partial charge is 0.152 e. The van der Waals surface area contributed by atoms with Gasteiger partial charge >= 0.3 is 0 Å². The van der Waals surface area contributed by atoms with Gasteiger partial charge in [-0.2, -0.15) is 0 Å². The lowest BCUT2D eigenvalue weighted by atomic mass is 9.94. The van der Waals surface area contributed by atoms with E-state index in [-0.39, 0.29) is 5.54 Å². The fourth-order valence-electron chi connectivity index (χ4n) is 2.89. The third-order valence-electron chi connectivity index (χ3n) is 4.16. The Morgan fingerprint density at radius 3 is 2.38 bits per heavy atom. The molecule has 0 radical (unpaired) electrons. The molecule has 3 saturated carbocycles. The van der Waals surface area contributed by atoms with Gasteiger partial charge in [0, 0.05) is 6.42 Å². The maximum Gasteiger partial charge on any atom is 0.152 e. The molecule has 0 aromatic heterocycles. The Kier molecular flexibility index (Phi) is 1.44. The van der Waals surface area contributed by atoms with Crippen molar-refractivity contribution in [3.63, 3.8) is 0 Å². The van der Waals surface area contributed by atoms with Crippen molar-refractivity contribution in [2.24, 2.45) is 23.5 Å². The molecule has 3 aliphatic carbocycles. The second kappa shape index (κ2) is 2.35. The lowest BCUT2D eigenvalue weighted by Gasteiger charge is -2.13. The van der Waals surface area contributed by atoms with Gasteiger partial charge in [0.25, 0.3) is 0 Å². The predicted octanol–water partition coefficient (Wildman–Crippen LogP) is 1.48. The number of hydrogen-bond acceptors (Lipinski definition) is 2. The van der Waals surface area contributed by atoms with Crippen molar-refractivity contribution in [2.75, 3.05) is 0 Å². The molecule has 2 unspecified atom stereocenters. The topological polar surface area (TPSA) is 43.1 Å². The molecule has 0 heterocycles. The summed E-state index contributed by atoms with van der Waals surface area (Å²) < 4.78 is 0. The second-order valence-electron chi connectivity index (χ2n) is 5.38. The van der Waals surface area contributed by atoms with E-state index in [1.165, 1.54) is 19.3 Å². The monoisotopic (exact) mass is 179 g/mol. The molecule has 0 saturated heterocycles. The SMILES string of the molecule is NC1(C(=O)CC2CC3CC3C2)CC1. The standard InChI is InChI=1S/C11H17NO/c12-11(1-2-11)10(13)5-7-3-8-6-9(8)4-7/h7-9H,1-6,12H2. The molecule has 0 aliphatic heterocycles. The maximum atomic E-state index is 11.7. The third-order valence-corrected chi connectivity index (χ3v) is 4.16. The highest BCUT2D eigenvalue weighted by atomic mass is 16.1. The van der Waals surface area contributed by atoms with Crippen molar-refractivity contribution in [3.05, 3.63) is 0 Å².